The Morgan fingerprint density at radius 1 is 1.61 bits per heavy atom. The van der Waals surface area contributed by atoms with Crippen LogP contribution >= 0.6 is 0 Å². The van der Waals surface area contributed by atoms with Gasteiger partial charge < -0.3 is 15.2 Å². The van der Waals surface area contributed by atoms with E-state index in [2.05, 4.69) is 11.8 Å². The van der Waals surface area contributed by atoms with E-state index >= 15 is 0 Å². The standard InChI is InChI=1S/C13H26N2O3/c1-4-17-12(16)13(3,14)6-5-7-15-8-9-18-11(2)10-15/h11H,4-10,14H2,1-3H3. The number of hydrogen-bond acceptors (Lipinski definition) is 5. The monoisotopic (exact) mass is 258 g/mol. The van der Waals surface area contributed by atoms with Crippen LogP contribution in [0.1, 0.15) is 33.6 Å². The van der Waals surface area contributed by atoms with E-state index in [-0.39, 0.29) is 5.97 Å². The lowest BCUT2D eigenvalue weighted by Gasteiger charge is -2.31. The average Bonchev–Trinajstić information content (AvgIpc) is 2.29. The molecule has 106 valence electrons. The topological polar surface area (TPSA) is 64.8 Å². The molecule has 0 aromatic rings. The highest BCUT2D eigenvalue weighted by Gasteiger charge is 2.29. The van der Waals surface area contributed by atoms with E-state index in [0.29, 0.717) is 19.1 Å². The van der Waals surface area contributed by atoms with E-state index < -0.39 is 5.54 Å². The third-order valence-electron chi connectivity index (χ3n) is 3.24. The second-order valence-corrected chi connectivity index (χ2v) is 5.22. The van der Waals surface area contributed by atoms with Gasteiger partial charge in [0.05, 0.1) is 19.3 Å². The Hall–Kier alpha value is -0.650. The summed E-state index contributed by atoms with van der Waals surface area (Å²) in [4.78, 5) is 14.0. The lowest BCUT2D eigenvalue weighted by Crippen LogP contribution is -2.47. The van der Waals surface area contributed by atoms with Gasteiger partial charge in [0.2, 0.25) is 0 Å². The maximum Gasteiger partial charge on any atom is 0.325 e. The molecule has 0 aromatic carbocycles. The van der Waals surface area contributed by atoms with Gasteiger partial charge in [-0.1, -0.05) is 0 Å². The molecular weight excluding hydrogens is 232 g/mol. The van der Waals surface area contributed by atoms with Crippen molar-refractivity contribution >= 4 is 5.97 Å². The van der Waals surface area contributed by atoms with Gasteiger partial charge in [-0.3, -0.25) is 9.69 Å². The van der Waals surface area contributed by atoms with E-state index in [1.165, 1.54) is 0 Å². The van der Waals surface area contributed by atoms with Gasteiger partial charge in [0.25, 0.3) is 0 Å². The second kappa shape index (κ2) is 7.07. The second-order valence-electron chi connectivity index (χ2n) is 5.22. The maximum atomic E-state index is 11.6. The molecule has 5 heteroatoms. The number of ether oxygens (including phenoxy) is 2. The fraction of sp³-hybridized carbons (Fsp3) is 0.923. The zero-order valence-corrected chi connectivity index (χ0v) is 11.8. The fourth-order valence-corrected chi connectivity index (χ4v) is 2.16. The van der Waals surface area contributed by atoms with Crippen LogP contribution in [0.3, 0.4) is 0 Å². The number of carbonyl (C=O) groups excluding carboxylic acids is 1. The van der Waals surface area contributed by atoms with Crippen LogP contribution in [0.5, 0.6) is 0 Å². The number of morpholine rings is 1. The summed E-state index contributed by atoms with van der Waals surface area (Å²) in [5, 5.41) is 0. The minimum absolute atomic E-state index is 0.299. The fourth-order valence-electron chi connectivity index (χ4n) is 2.16. The number of esters is 1. The first-order chi connectivity index (χ1) is 8.45. The number of carbonyl (C=O) groups is 1. The van der Waals surface area contributed by atoms with Gasteiger partial charge in [0, 0.05) is 13.1 Å². The van der Waals surface area contributed by atoms with Gasteiger partial charge in [0.1, 0.15) is 5.54 Å². The summed E-state index contributed by atoms with van der Waals surface area (Å²) >= 11 is 0. The first kappa shape index (κ1) is 15.4. The number of rotatable bonds is 6. The van der Waals surface area contributed by atoms with Crippen molar-refractivity contribution in [2.75, 3.05) is 32.8 Å². The van der Waals surface area contributed by atoms with Gasteiger partial charge in [-0.05, 0) is 40.2 Å². The summed E-state index contributed by atoms with van der Waals surface area (Å²) in [6.07, 6.45) is 1.85. The number of nitrogens with two attached hydrogens (primary N) is 1. The Kier molecular flexibility index (Phi) is 6.05. The molecule has 0 amide bonds. The first-order valence-electron chi connectivity index (χ1n) is 6.75. The molecule has 2 unspecified atom stereocenters. The van der Waals surface area contributed by atoms with Gasteiger partial charge in [-0.2, -0.15) is 0 Å². The zero-order valence-electron chi connectivity index (χ0n) is 11.8. The maximum absolute atomic E-state index is 11.6. The van der Waals surface area contributed by atoms with Crippen molar-refractivity contribution < 1.29 is 14.3 Å². The van der Waals surface area contributed by atoms with E-state index in [4.69, 9.17) is 15.2 Å². The Morgan fingerprint density at radius 3 is 2.94 bits per heavy atom. The van der Waals surface area contributed by atoms with Gasteiger partial charge in [0.15, 0.2) is 0 Å². The lowest BCUT2D eigenvalue weighted by molar-refractivity contribution is -0.149. The molecule has 0 aromatic heterocycles. The zero-order chi connectivity index (χ0) is 13.6. The third-order valence-corrected chi connectivity index (χ3v) is 3.24. The summed E-state index contributed by atoms with van der Waals surface area (Å²) in [5.74, 6) is -0.305. The number of hydrogen-bond donors (Lipinski definition) is 1. The summed E-state index contributed by atoms with van der Waals surface area (Å²) in [7, 11) is 0. The van der Waals surface area contributed by atoms with Crippen LogP contribution in [0.4, 0.5) is 0 Å². The van der Waals surface area contributed by atoms with Crippen LogP contribution in [0, 0.1) is 0 Å². The van der Waals surface area contributed by atoms with Crippen molar-refractivity contribution in [3.63, 3.8) is 0 Å². The molecule has 2 atom stereocenters. The highest BCUT2D eigenvalue weighted by atomic mass is 16.5. The van der Waals surface area contributed by atoms with Crippen molar-refractivity contribution in [2.45, 2.75) is 45.3 Å². The Bertz CT molecular complexity index is 269. The highest BCUT2D eigenvalue weighted by molar-refractivity contribution is 5.79. The summed E-state index contributed by atoms with van der Waals surface area (Å²) in [6.45, 7) is 9.67. The molecule has 18 heavy (non-hydrogen) atoms. The van der Waals surface area contributed by atoms with Crippen LogP contribution in [-0.4, -0.2) is 55.4 Å². The molecule has 1 rings (SSSR count). The van der Waals surface area contributed by atoms with Crippen LogP contribution in [-0.2, 0) is 14.3 Å². The molecule has 0 spiro atoms. The summed E-state index contributed by atoms with van der Waals surface area (Å²) < 4.78 is 10.5. The van der Waals surface area contributed by atoms with Crippen molar-refractivity contribution in [1.29, 1.82) is 0 Å². The quantitative estimate of drug-likeness (QED) is 0.713. The SMILES string of the molecule is CCOC(=O)C(C)(N)CCCN1CCOC(C)C1. The van der Waals surface area contributed by atoms with Crippen LogP contribution in [0.2, 0.25) is 0 Å². The van der Waals surface area contributed by atoms with Gasteiger partial charge in [-0.15, -0.1) is 0 Å². The predicted molar refractivity (Wildman–Crippen MR) is 70.3 cm³/mol. The Morgan fingerprint density at radius 2 is 2.33 bits per heavy atom. The van der Waals surface area contributed by atoms with Crippen molar-refractivity contribution in [3.8, 4) is 0 Å². The lowest BCUT2D eigenvalue weighted by atomic mass is 9.97. The van der Waals surface area contributed by atoms with Crippen molar-refractivity contribution in [3.05, 3.63) is 0 Å². The van der Waals surface area contributed by atoms with Gasteiger partial charge >= 0.3 is 5.97 Å². The molecule has 1 aliphatic heterocycles. The molecule has 5 nitrogen and oxygen atoms in total. The molecule has 1 fully saturated rings. The van der Waals surface area contributed by atoms with Crippen molar-refractivity contribution in [2.24, 2.45) is 5.73 Å². The summed E-state index contributed by atoms with van der Waals surface area (Å²) in [5.41, 5.74) is 5.10. The average molecular weight is 258 g/mol. The molecular formula is C13H26N2O3. The van der Waals surface area contributed by atoms with Crippen LogP contribution in [0.15, 0.2) is 0 Å². The first-order valence-corrected chi connectivity index (χ1v) is 6.75. The molecule has 0 radical (unpaired) electrons. The minimum atomic E-state index is -0.867. The molecule has 1 aliphatic rings. The van der Waals surface area contributed by atoms with Crippen LogP contribution in [0.25, 0.3) is 0 Å². The molecule has 0 aliphatic carbocycles. The predicted octanol–water partition coefficient (Wildman–Crippen LogP) is 0.768. The highest BCUT2D eigenvalue weighted by Crippen LogP contribution is 2.13. The normalized spacial score (nSPS) is 24.6. The third kappa shape index (κ3) is 4.92. The smallest absolute Gasteiger partial charge is 0.325 e. The van der Waals surface area contributed by atoms with E-state index in [9.17, 15) is 4.79 Å². The summed E-state index contributed by atoms with van der Waals surface area (Å²) in [6, 6.07) is 0. The largest absolute Gasteiger partial charge is 0.465 e. The minimum Gasteiger partial charge on any atom is -0.465 e. The molecule has 1 saturated heterocycles. The Balaban J connectivity index is 2.25. The van der Waals surface area contributed by atoms with E-state index in [0.717, 1.165) is 32.7 Å². The molecule has 0 bridgehead atoms. The molecule has 2 N–H and O–H groups in total. The molecule has 0 saturated carbocycles. The van der Waals surface area contributed by atoms with Crippen LogP contribution < -0.4 is 5.73 Å². The number of nitrogens with zero attached hydrogens (tertiary/aromatic N) is 1. The Labute approximate surface area is 110 Å². The van der Waals surface area contributed by atoms with Crippen molar-refractivity contribution in [1.82, 2.24) is 4.90 Å². The van der Waals surface area contributed by atoms with E-state index in [1.807, 2.05) is 0 Å². The van der Waals surface area contributed by atoms with E-state index in [1.54, 1.807) is 13.8 Å². The molecule has 1 heterocycles. The van der Waals surface area contributed by atoms with Gasteiger partial charge in [-0.25, -0.2) is 0 Å².